The van der Waals surface area contributed by atoms with E-state index in [4.69, 9.17) is 0 Å². The minimum atomic E-state index is 0.592. The van der Waals surface area contributed by atoms with E-state index in [2.05, 4.69) is 67.2 Å². The lowest BCUT2D eigenvalue weighted by atomic mass is 10.1. The number of nitrogens with one attached hydrogen (secondary N) is 1. The van der Waals surface area contributed by atoms with Crippen LogP contribution in [0.1, 0.15) is 33.6 Å². The number of anilines is 2. The van der Waals surface area contributed by atoms with Gasteiger partial charge in [0.25, 0.3) is 0 Å². The Labute approximate surface area is 124 Å². The second-order valence-corrected chi connectivity index (χ2v) is 6.20. The molecule has 0 aromatic heterocycles. The van der Waals surface area contributed by atoms with Crippen LogP contribution in [0.5, 0.6) is 0 Å². The molecule has 0 aliphatic carbocycles. The molecule has 1 heterocycles. The summed E-state index contributed by atoms with van der Waals surface area (Å²) in [5.74, 6) is 0. The van der Waals surface area contributed by atoms with Gasteiger partial charge in [0.05, 0.1) is 11.4 Å². The fourth-order valence-electron chi connectivity index (χ4n) is 2.93. The van der Waals surface area contributed by atoms with Crippen LogP contribution in [0.2, 0.25) is 0 Å². The van der Waals surface area contributed by atoms with Crippen LogP contribution in [0.25, 0.3) is 0 Å². The van der Waals surface area contributed by atoms with E-state index in [0.29, 0.717) is 12.1 Å². The van der Waals surface area contributed by atoms with Gasteiger partial charge in [-0.2, -0.15) is 0 Å². The summed E-state index contributed by atoms with van der Waals surface area (Å²) in [6, 6.07) is 9.98. The molecule has 1 N–H and O–H groups in total. The van der Waals surface area contributed by atoms with Crippen LogP contribution in [-0.2, 0) is 0 Å². The molecule has 3 nitrogen and oxygen atoms in total. The van der Waals surface area contributed by atoms with E-state index in [1.54, 1.807) is 0 Å². The SMILES string of the molecule is CC(C)NCCCC(C)N1CCN(C)c2ccccc21. The highest BCUT2D eigenvalue weighted by atomic mass is 15.3. The van der Waals surface area contributed by atoms with E-state index in [1.165, 1.54) is 24.2 Å². The topological polar surface area (TPSA) is 18.5 Å². The van der Waals surface area contributed by atoms with E-state index in [9.17, 15) is 0 Å². The average molecular weight is 275 g/mol. The van der Waals surface area contributed by atoms with Crippen LogP contribution in [-0.4, -0.2) is 38.8 Å². The Hall–Kier alpha value is -1.22. The first kappa shape index (κ1) is 15.2. The standard InChI is InChI=1S/C17H29N3/c1-14(2)18-11-7-8-15(3)20-13-12-19(4)16-9-5-6-10-17(16)20/h5-6,9-10,14-15,18H,7-8,11-13H2,1-4H3. The molecule has 1 aromatic rings. The summed E-state index contributed by atoms with van der Waals surface area (Å²) in [5, 5.41) is 3.50. The number of nitrogens with zero attached hydrogens (tertiary/aromatic N) is 2. The Morgan fingerprint density at radius 2 is 1.80 bits per heavy atom. The molecule has 1 aromatic carbocycles. The lowest BCUT2D eigenvalue weighted by Gasteiger charge is -2.40. The zero-order valence-corrected chi connectivity index (χ0v) is 13.4. The third kappa shape index (κ3) is 3.66. The number of likely N-dealkylation sites (N-methyl/N-ethyl adjacent to an activating group) is 1. The predicted molar refractivity (Wildman–Crippen MR) is 88.9 cm³/mol. The third-order valence-corrected chi connectivity index (χ3v) is 4.16. The molecule has 0 radical (unpaired) electrons. The van der Waals surface area contributed by atoms with Gasteiger partial charge in [-0.1, -0.05) is 26.0 Å². The molecule has 0 saturated heterocycles. The minimum absolute atomic E-state index is 0.592. The molecule has 112 valence electrons. The maximum Gasteiger partial charge on any atom is 0.0607 e. The van der Waals surface area contributed by atoms with Gasteiger partial charge in [-0.3, -0.25) is 0 Å². The molecule has 1 unspecified atom stereocenters. The number of fused-ring (bicyclic) bond motifs is 1. The summed E-state index contributed by atoms with van der Waals surface area (Å²) in [6.07, 6.45) is 2.49. The molecule has 0 spiro atoms. The first-order valence-electron chi connectivity index (χ1n) is 7.89. The van der Waals surface area contributed by atoms with Crippen molar-refractivity contribution in [1.29, 1.82) is 0 Å². The Morgan fingerprint density at radius 3 is 2.50 bits per heavy atom. The second-order valence-electron chi connectivity index (χ2n) is 6.20. The maximum absolute atomic E-state index is 3.50. The lowest BCUT2D eigenvalue weighted by Crippen LogP contribution is -2.44. The summed E-state index contributed by atoms with van der Waals surface area (Å²) >= 11 is 0. The number of rotatable bonds is 6. The van der Waals surface area contributed by atoms with Gasteiger partial charge in [0, 0.05) is 32.2 Å². The minimum Gasteiger partial charge on any atom is -0.371 e. The summed E-state index contributed by atoms with van der Waals surface area (Å²) in [4.78, 5) is 4.93. The highest BCUT2D eigenvalue weighted by Crippen LogP contribution is 2.33. The van der Waals surface area contributed by atoms with Crippen molar-refractivity contribution in [3.05, 3.63) is 24.3 Å². The van der Waals surface area contributed by atoms with Crippen LogP contribution in [0.3, 0.4) is 0 Å². The number of para-hydroxylation sites is 2. The smallest absolute Gasteiger partial charge is 0.0607 e. The van der Waals surface area contributed by atoms with Crippen molar-refractivity contribution >= 4 is 11.4 Å². The van der Waals surface area contributed by atoms with Crippen molar-refractivity contribution in [1.82, 2.24) is 5.32 Å². The van der Waals surface area contributed by atoms with Gasteiger partial charge in [-0.05, 0) is 38.4 Å². The normalized spacial score (nSPS) is 16.4. The van der Waals surface area contributed by atoms with Crippen molar-refractivity contribution in [2.75, 3.05) is 36.5 Å². The summed E-state index contributed by atoms with van der Waals surface area (Å²) in [5.41, 5.74) is 2.76. The van der Waals surface area contributed by atoms with Crippen LogP contribution in [0.4, 0.5) is 11.4 Å². The van der Waals surface area contributed by atoms with E-state index < -0.39 is 0 Å². The number of hydrogen-bond acceptors (Lipinski definition) is 3. The Balaban J connectivity index is 1.94. The van der Waals surface area contributed by atoms with Gasteiger partial charge in [0.2, 0.25) is 0 Å². The molecule has 1 atom stereocenters. The van der Waals surface area contributed by atoms with Crippen LogP contribution < -0.4 is 15.1 Å². The molecule has 20 heavy (non-hydrogen) atoms. The van der Waals surface area contributed by atoms with E-state index >= 15 is 0 Å². The zero-order chi connectivity index (χ0) is 14.5. The van der Waals surface area contributed by atoms with Gasteiger partial charge in [0.15, 0.2) is 0 Å². The van der Waals surface area contributed by atoms with Gasteiger partial charge in [-0.15, -0.1) is 0 Å². The largest absolute Gasteiger partial charge is 0.371 e. The van der Waals surface area contributed by atoms with Gasteiger partial charge in [0.1, 0.15) is 0 Å². The molecule has 0 saturated carbocycles. The third-order valence-electron chi connectivity index (χ3n) is 4.16. The number of benzene rings is 1. The Kier molecular flexibility index (Phi) is 5.30. The van der Waals surface area contributed by atoms with Gasteiger partial charge < -0.3 is 15.1 Å². The predicted octanol–water partition coefficient (Wildman–Crippen LogP) is 3.11. The molecular weight excluding hydrogens is 246 g/mol. The zero-order valence-electron chi connectivity index (χ0n) is 13.4. The van der Waals surface area contributed by atoms with Crippen LogP contribution in [0, 0.1) is 0 Å². The molecule has 1 aliphatic heterocycles. The molecule has 2 rings (SSSR count). The molecular formula is C17H29N3. The van der Waals surface area contributed by atoms with Gasteiger partial charge in [-0.25, -0.2) is 0 Å². The Morgan fingerprint density at radius 1 is 1.10 bits per heavy atom. The van der Waals surface area contributed by atoms with Crippen molar-refractivity contribution in [3.63, 3.8) is 0 Å². The fourth-order valence-corrected chi connectivity index (χ4v) is 2.93. The van der Waals surface area contributed by atoms with Crippen molar-refractivity contribution in [2.45, 2.75) is 45.7 Å². The molecule has 0 bridgehead atoms. The summed E-state index contributed by atoms with van der Waals surface area (Å²) in [7, 11) is 2.19. The van der Waals surface area contributed by atoms with Crippen molar-refractivity contribution < 1.29 is 0 Å². The molecule has 3 heteroatoms. The Bertz CT molecular complexity index is 416. The summed E-state index contributed by atoms with van der Waals surface area (Å²) in [6.45, 7) is 10.1. The van der Waals surface area contributed by atoms with Crippen LogP contribution in [0.15, 0.2) is 24.3 Å². The second kappa shape index (κ2) is 6.98. The molecule has 1 aliphatic rings. The lowest BCUT2D eigenvalue weighted by molar-refractivity contribution is 0.511. The summed E-state index contributed by atoms with van der Waals surface area (Å²) < 4.78 is 0. The van der Waals surface area contributed by atoms with Crippen molar-refractivity contribution in [3.8, 4) is 0 Å². The monoisotopic (exact) mass is 275 g/mol. The first-order chi connectivity index (χ1) is 9.59. The average Bonchev–Trinajstić information content (AvgIpc) is 2.44. The fraction of sp³-hybridized carbons (Fsp3) is 0.647. The maximum atomic E-state index is 3.50. The van der Waals surface area contributed by atoms with Gasteiger partial charge >= 0.3 is 0 Å². The highest BCUT2D eigenvalue weighted by molar-refractivity contribution is 5.73. The highest BCUT2D eigenvalue weighted by Gasteiger charge is 2.23. The molecule has 0 fully saturated rings. The first-order valence-corrected chi connectivity index (χ1v) is 7.89. The van der Waals surface area contributed by atoms with Crippen molar-refractivity contribution in [2.24, 2.45) is 0 Å². The van der Waals surface area contributed by atoms with E-state index in [-0.39, 0.29) is 0 Å². The van der Waals surface area contributed by atoms with E-state index in [1.807, 2.05) is 0 Å². The van der Waals surface area contributed by atoms with Crippen LogP contribution >= 0.6 is 0 Å². The van der Waals surface area contributed by atoms with E-state index in [0.717, 1.165) is 19.6 Å². The molecule has 0 amide bonds. The number of hydrogen-bond donors (Lipinski definition) is 1. The quantitative estimate of drug-likeness (QED) is 0.805.